The highest BCUT2D eigenvalue weighted by atomic mass is 16.7. The molecule has 0 aliphatic carbocycles. The molecule has 0 saturated carbocycles. The molecule has 316 valence electrons. The monoisotopic (exact) mass is 834 g/mol. The molecule has 1 saturated heterocycles. The first-order valence-electron chi connectivity index (χ1n) is 23.0. The SMILES string of the molecule is CCCCCCC(CCCCCC)N1C(=O)c2ccc3c4cccc5ccc6c7c(=O)n(Cc8ccc(-c9ccc(C%10OCCO%10)cc9)cc8)c(=O)c7c7cc(c2c3c7c6c54)C1=O. The molecule has 63 heavy (non-hydrogen) atoms. The second-order valence-corrected chi connectivity index (χ2v) is 17.8. The molecule has 2 aliphatic heterocycles. The molecule has 2 amide bonds. The first-order chi connectivity index (χ1) is 30.9. The van der Waals surface area contributed by atoms with Crippen molar-refractivity contribution in [2.45, 2.75) is 96.9 Å². The number of unbranched alkanes of at least 4 members (excludes halogenated alkanes) is 6. The average molecular weight is 835 g/mol. The lowest BCUT2D eigenvalue weighted by atomic mass is 9.80. The number of imide groups is 1. The number of benzene rings is 8. The van der Waals surface area contributed by atoms with Crippen molar-refractivity contribution in [2.24, 2.45) is 0 Å². The molecule has 8 nitrogen and oxygen atoms in total. The lowest BCUT2D eigenvalue weighted by Gasteiger charge is -2.35. The first kappa shape index (κ1) is 39.6. The lowest BCUT2D eigenvalue weighted by molar-refractivity contribution is -0.0441. The highest BCUT2D eigenvalue weighted by Crippen LogP contribution is 2.50. The van der Waals surface area contributed by atoms with Gasteiger partial charge in [0, 0.05) is 28.1 Å². The second kappa shape index (κ2) is 15.8. The minimum absolute atomic E-state index is 0.0958. The number of amides is 2. The van der Waals surface area contributed by atoms with Crippen LogP contribution in [0.4, 0.5) is 0 Å². The number of rotatable bonds is 15. The molecular weight excluding hydrogens is 785 g/mol. The van der Waals surface area contributed by atoms with E-state index in [1.165, 1.54) is 4.57 Å². The first-order valence-corrected chi connectivity index (χ1v) is 23.0. The van der Waals surface area contributed by atoms with Crippen molar-refractivity contribution in [3.8, 4) is 11.1 Å². The third-order valence-electron chi connectivity index (χ3n) is 14.1. The summed E-state index contributed by atoms with van der Waals surface area (Å²) in [5.41, 5.74) is 4.07. The highest BCUT2D eigenvalue weighted by Gasteiger charge is 2.39. The Kier molecular flexibility index (Phi) is 9.96. The Morgan fingerprint density at radius 1 is 0.540 bits per heavy atom. The molecule has 0 bridgehead atoms. The van der Waals surface area contributed by atoms with Crippen LogP contribution in [0.15, 0.2) is 107 Å². The number of aromatic nitrogens is 1. The summed E-state index contributed by atoms with van der Waals surface area (Å²) in [6.07, 6.45) is 9.65. The van der Waals surface area contributed by atoms with E-state index in [2.05, 4.69) is 26.0 Å². The second-order valence-electron chi connectivity index (χ2n) is 17.8. The number of fused-ring (bicyclic) bond motifs is 4. The molecule has 2 aliphatic rings. The minimum Gasteiger partial charge on any atom is -0.346 e. The molecule has 0 unspecified atom stereocenters. The molecular formula is C55H50N2O6. The van der Waals surface area contributed by atoms with Crippen molar-refractivity contribution in [1.82, 2.24) is 9.47 Å². The fourth-order valence-corrected chi connectivity index (χ4v) is 11.0. The Morgan fingerprint density at radius 3 is 1.81 bits per heavy atom. The van der Waals surface area contributed by atoms with Gasteiger partial charge in [-0.05, 0) is 90.1 Å². The molecule has 11 rings (SSSR count). The molecule has 0 radical (unpaired) electrons. The van der Waals surface area contributed by atoms with Crippen LogP contribution in [0.1, 0.15) is 116 Å². The third kappa shape index (κ3) is 6.24. The number of nitrogens with zero attached hydrogens (tertiary/aromatic N) is 2. The van der Waals surface area contributed by atoms with Gasteiger partial charge in [-0.3, -0.25) is 28.6 Å². The summed E-state index contributed by atoms with van der Waals surface area (Å²) in [4.78, 5) is 61.3. The van der Waals surface area contributed by atoms with E-state index in [1.807, 2.05) is 84.9 Å². The summed E-state index contributed by atoms with van der Waals surface area (Å²) in [5, 5.41) is 9.16. The Labute approximate surface area is 365 Å². The van der Waals surface area contributed by atoms with Gasteiger partial charge in [0.2, 0.25) is 0 Å². The van der Waals surface area contributed by atoms with Crippen molar-refractivity contribution in [2.75, 3.05) is 13.2 Å². The summed E-state index contributed by atoms with van der Waals surface area (Å²) in [5.74, 6) is -0.547. The molecule has 9 aromatic rings. The Balaban J connectivity index is 1.07. The topological polar surface area (TPSA) is 94.9 Å². The summed E-state index contributed by atoms with van der Waals surface area (Å²) in [7, 11) is 0. The van der Waals surface area contributed by atoms with E-state index in [0.717, 1.165) is 124 Å². The van der Waals surface area contributed by atoms with E-state index in [1.54, 1.807) is 4.90 Å². The number of hydrogen-bond acceptors (Lipinski definition) is 6. The van der Waals surface area contributed by atoms with E-state index >= 15 is 4.79 Å². The van der Waals surface area contributed by atoms with E-state index < -0.39 is 0 Å². The summed E-state index contributed by atoms with van der Waals surface area (Å²) < 4.78 is 12.7. The predicted molar refractivity (Wildman–Crippen MR) is 253 cm³/mol. The van der Waals surface area contributed by atoms with Crippen molar-refractivity contribution in [3.05, 3.63) is 140 Å². The fourth-order valence-electron chi connectivity index (χ4n) is 11.0. The van der Waals surface area contributed by atoms with Crippen molar-refractivity contribution >= 4 is 76.4 Å². The van der Waals surface area contributed by atoms with E-state index in [4.69, 9.17) is 9.47 Å². The number of carbonyl (C=O) groups is 2. The van der Waals surface area contributed by atoms with Gasteiger partial charge in [-0.2, -0.15) is 0 Å². The summed E-state index contributed by atoms with van der Waals surface area (Å²) in [6.45, 7) is 5.65. The fraction of sp³-hybridized carbons (Fsp3) is 0.309. The van der Waals surface area contributed by atoms with Crippen molar-refractivity contribution < 1.29 is 19.1 Å². The molecule has 3 heterocycles. The van der Waals surface area contributed by atoms with Gasteiger partial charge >= 0.3 is 0 Å². The van der Waals surface area contributed by atoms with Gasteiger partial charge < -0.3 is 9.47 Å². The maximum absolute atomic E-state index is 15.1. The molecule has 0 N–H and O–H groups in total. The van der Waals surface area contributed by atoms with Gasteiger partial charge in [0.1, 0.15) is 0 Å². The van der Waals surface area contributed by atoms with Gasteiger partial charge in [0.25, 0.3) is 22.9 Å². The summed E-state index contributed by atoms with van der Waals surface area (Å²) >= 11 is 0. The lowest BCUT2D eigenvalue weighted by Crippen LogP contribution is -2.47. The van der Waals surface area contributed by atoms with Crippen LogP contribution in [0.25, 0.3) is 75.8 Å². The third-order valence-corrected chi connectivity index (χ3v) is 14.1. The maximum atomic E-state index is 15.1. The average Bonchev–Trinajstić information content (AvgIpc) is 3.94. The van der Waals surface area contributed by atoms with Crippen LogP contribution in [-0.2, 0) is 16.0 Å². The number of ether oxygens (including phenoxy) is 2. The zero-order valence-electron chi connectivity index (χ0n) is 35.9. The van der Waals surface area contributed by atoms with Crippen LogP contribution < -0.4 is 11.1 Å². The van der Waals surface area contributed by atoms with Crippen molar-refractivity contribution in [3.63, 3.8) is 0 Å². The predicted octanol–water partition coefficient (Wildman–Crippen LogP) is 12.1. The highest BCUT2D eigenvalue weighted by molar-refractivity contribution is 6.47. The molecule has 8 heteroatoms. The smallest absolute Gasteiger partial charge is 0.262 e. The van der Waals surface area contributed by atoms with Gasteiger partial charge in [-0.15, -0.1) is 0 Å². The van der Waals surface area contributed by atoms with Gasteiger partial charge in [0.15, 0.2) is 6.29 Å². The van der Waals surface area contributed by atoms with Crippen LogP contribution in [-0.4, -0.2) is 40.5 Å². The van der Waals surface area contributed by atoms with Crippen LogP contribution in [0.3, 0.4) is 0 Å². The van der Waals surface area contributed by atoms with E-state index in [9.17, 15) is 14.4 Å². The van der Waals surface area contributed by atoms with Crippen LogP contribution in [0.5, 0.6) is 0 Å². The van der Waals surface area contributed by atoms with Crippen LogP contribution >= 0.6 is 0 Å². The zero-order chi connectivity index (χ0) is 42.9. The number of carbonyl (C=O) groups excluding carboxylic acids is 2. The largest absolute Gasteiger partial charge is 0.346 e. The Bertz CT molecular complexity index is 3320. The van der Waals surface area contributed by atoms with E-state index in [0.29, 0.717) is 51.3 Å². The normalized spacial score (nSPS) is 14.9. The van der Waals surface area contributed by atoms with Gasteiger partial charge in [-0.1, -0.05) is 150 Å². The van der Waals surface area contributed by atoms with E-state index in [-0.39, 0.29) is 41.8 Å². The van der Waals surface area contributed by atoms with Gasteiger partial charge in [-0.25, -0.2) is 0 Å². The maximum Gasteiger partial charge on any atom is 0.262 e. The zero-order valence-corrected chi connectivity index (χ0v) is 35.9. The quantitative estimate of drug-likeness (QED) is 0.0442. The Morgan fingerprint density at radius 2 is 1.13 bits per heavy atom. The molecule has 1 aromatic heterocycles. The molecule has 8 aromatic carbocycles. The molecule has 0 spiro atoms. The molecule has 1 fully saturated rings. The standard InChI is InChI=1S/C55H50N2O6/c1-3-5-7-9-13-37(14-10-8-6-4-2)57-51(58)41-27-26-39-38-15-11-12-35-24-25-40-47(44(35)38)48-42(30-43(52(57)59)45(41)46(39)48)50-49(40)53(60)56(54(50)61)31-32-16-18-33(19-17-32)34-20-22-36(23-21-34)55-62-28-29-63-55/h11-12,15-27,30,37,55H,3-10,13-14,28-29,31H2,1-2H3. The number of hydrogen-bond donors (Lipinski definition) is 0. The van der Waals surface area contributed by atoms with Crippen LogP contribution in [0.2, 0.25) is 0 Å². The minimum atomic E-state index is -0.378. The Hall–Kier alpha value is -6.22. The summed E-state index contributed by atoms with van der Waals surface area (Å²) in [6, 6.07) is 31.9. The van der Waals surface area contributed by atoms with Crippen LogP contribution in [0, 0.1) is 0 Å². The van der Waals surface area contributed by atoms with Crippen molar-refractivity contribution in [1.29, 1.82) is 0 Å². The van der Waals surface area contributed by atoms with Gasteiger partial charge in [0.05, 0.1) is 30.5 Å². The molecule has 0 atom stereocenters.